The van der Waals surface area contributed by atoms with Crippen LogP contribution in [0.3, 0.4) is 0 Å². The molecule has 214 valence electrons. The maximum absolute atomic E-state index is 13.1. The molecule has 1 spiro atoms. The van der Waals surface area contributed by atoms with Gasteiger partial charge in [-0.25, -0.2) is 0 Å². The molecule has 9 heteroatoms. The van der Waals surface area contributed by atoms with Crippen molar-refractivity contribution in [2.75, 3.05) is 20.3 Å². The normalized spacial score (nSPS) is 27.4. The van der Waals surface area contributed by atoms with Gasteiger partial charge < -0.3 is 19.5 Å². The summed E-state index contributed by atoms with van der Waals surface area (Å²) in [6.07, 6.45) is 5.05. The van der Waals surface area contributed by atoms with E-state index in [1.165, 1.54) is 0 Å². The van der Waals surface area contributed by atoms with E-state index in [9.17, 15) is 14.9 Å². The molecule has 2 saturated carbocycles. The number of ketones is 1. The second kappa shape index (κ2) is 11.3. The molecule has 3 aromatic rings. The molecule has 6 rings (SSSR count). The van der Waals surface area contributed by atoms with Crippen molar-refractivity contribution < 1.29 is 23.8 Å². The summed E-state index contributed by atoms with van der Waals surface area (Å²) < 4.78 is 18.3. The van der Waals surface area contributed by atoms with E-state index in [2.05, 4.69) is 29.6 Å². The zero-order valence-corrected chi connectivity index (χ0v) is 24.8. The highest BCUT2D eigenvalue weighted by Gasteiger charge is 2.50. The van der Waals surface area contributed by atoms with E-state index in [0.29, 0.717) is 63.0 Å². The highest BCUT2D eigenvalue weighted by Crippen LogP contribution is 2.51. The van der Waals surface area contributed by atoms with E-state index in [-0.39, 0.29) is 23.2 Å². The van der Waals surface area contributed by atoms with Gasteiger partial charge in [0.15, 0.2) is 5.79 Å². The number of carbonyl (C=O) groups is 2. The number of nitrogens with one attached hydrogen (secondary N) is 1. The minimum atomic E-state index is -0.649. The number of methoxy groups -OCH3 is 1. The molecule has 1 unspecified atom stereocenters. The summed E-state index contributed by atoms with van der Waals surface area (Å²) in [6.45, 7) is 0.927. The van der Waals surface area contributed by atoms with Crippen molar-refractivity contribution in [1.82, 2.24) is 5.32 Å². The lowest BCUT2D eigenvalue weighted by molar-refractivity contribution is -0.192. The number of para-hydroxylation sites is 1. The Morgan fingerprint density at radius 1 is 1.05 bits per heavy atom. The molecule has 0 radical (unpaired) electrons. The maximum atomic E-state index is 13.1. The second-order valence-corrected chi connectivity index (χ2v) is 13.5. The molecular weight excluding hydrogens is 556 g/mol. The Hall–Kier alpha value is -3.03. The van der Waals surface area contributed by atoms with Crippen LogP contribution in [0.4, 0.5) is 0 Å². The molecule has 1 aromatic carbocycles. The van der Waals surface area contributed by atoms with E-state index in [1.807, 2.05) is 23.6 Å². The molecule has 1 aliphatic heterocycles. The van der Waals surface area contributed by atoms with E-state index >= 15 is 0 Å². The Balaban J connectivity index is 1.16. The second-order valence-electron chi connectivity index (χ2n) is 11.4. The lowest BCUT2D eigenvalue weighted by Gasteiger charge is -2.39. The van der Waals surface area contributed by atoms with Crippen molar-refractivity contribution in [2.45, 2.75) is 74.1 Å². The number of nitrogens with zero attached hydrogens (tertiary/aromatic N) is 1. The molecule has 2 aromatic heterocycles. The number of nitriles is 1. The standard InChI is InChI=1S/C32H34N2O5S2/c1-37-24-6-3-2-5-23(24)29(36)34-21-31(12-10-22(35)11-13-31)28-9-8-26(41-28)25-19-38-32(39-25)16-14-30(20-33,15-17-32)27-7-4-18-40-27/h2-9,18,25H,10-17,19,21H2,1H3,(H,34,36). The minimum Gasteiger partial charge on any atom is -0.496 e. The van der Waals surface area contributed by atoms with Crippen molar-refractivity contribution in [1.29, 1.82) is 5.26 Å². The average molecular weight is 591 g/mol. The smallest absolute Gasteiger partial charge is 0.255 e. The van der Waals surface area contributed by atoms with Crippen LogP contribution in [0.1, 0.15) is 82.5 Å². The SMILES string of the molecule is COc1ccccc1C(=O)NCC1(c2ccc(C3COC4(CCC(C#N)(c5cccs5)CC4)O3)s2)CCC(=O)CC1. The quantitative estimate of drug-likeness (QED) is 0.340. The van der Waals surface area contributed by atoms with Crippen LogP contribution in [0.15, 0.2) is 53.9 Å². The number of hydrogen-bond donors (Lipinski definition) is 1. The fraction of sp³-hybridized carbons (Fsp3) is 0.469. The Kier molecular flexibility index (Phi) is 7.77. The summed E-state index contributed by atoms with van der Waals surface area (Å²) >= 11 is 3.35. The maximum Gasteiger partial charge on any atom is 0.255 e. The van der Waals surface area contributed by atoms with Gasteiger partial charge in [-0.3, -0.25) is 9.59 Å². The fourth-order valence-electron chi connectivity index (χ4n) is 6.48. The van der Waals surface area contributed by atoms with E-state index in [1.54, 1.807) is 41.9 Å². The van der Waals surface area contributed by atoms with Crippen LogP contribution in [0.5, 0.6) is 5.75 Å². The van der Waals surface area contributed by atoms with Gasteiger partial charge in [0.2, 0.25) is 0 Å². The van der Waals surface area contributed by atoms with Crippen molar-refractivity contribution in [3.05, 3.63) is 74.1 Å². The number of rotatable bonds is 7. The zero-order valence-electron chi connectivity index (χ0n) is 23.1. The Labute approximate surface area is 248 Å². The van der Waals surface area contributed by atoms with E-state index < -0.39 is 11.2 Å². The van der Waals surface area contributed by atoms with Gasteiger partial charge in [-0.15, -0.1) is 22.7 Å². The molecule has 0 bridgehead atoms. The molecule has 2 aliphatic carbocycles. The van der Waals surface area contributed by atoms with Gasteiger partial charge in [-0.1, -0.05) is 18.2 Å². The van der Waals surface area contributed by atoms with Gasteiger partial charge in [-0.2, -0.15) is 5.26 Å². The van der Waals surface area contributed by atoms with Crippen LogP contribution in [0, 0.1) is 11.3 Å². The lowest BCUT2D eigenvalue weighted by Crippen LogP contribution is -2.43. The van der Waals surface area contributed by atoms with Crippen LogP contribution in [-0.4, -0.2) is 37.7 Å². The van der Waals surface area contributed by atoms with Gasteiger partial charge >= 0.3 is 0 Å². The number of carbonyl (C=O) groups excluding carboxylic acids is 2. The van der Waals surface area contributed by atoms with E-state index in [0.717, 1.165) is 27.5 Å². The number of thiophene rings is 2. The molecule has 3 fully saturated rings. The molecule has 1 N–H and O–H groups in total. The van der Waals surface area contributed by atoms with Gasteiger partial charge in [0.1, 0.15) is 17.6 Å². The van der Waals surface area contributed by atoms with Crippen LogP contribution >= 0.6 is 22.7 Å². The predicted octanol–water partition coefficient (Wildman–Crippen LogP) is 6.45. The minimum absolute atomic E-state index is 0.171. The van der Waals surface area contributed by atoms with Gasteiger partial charge in [-0.05, 0) is 61.4 Å². The molecular formula is C32H34N2O5S2. The third kappa shape index (κ3) is 5.35. The number of amides is 1. The van der Waals surface area contributed by atoms with Crippen LogP contribution in [0.2, 0.25) is 0 Å². The molecule has 3 heterocycles. The van der Waals surface area contributed by atoms with Crippen molar-refractivity contribution in [3.8, 4) is 11.8 Å². The molecule has 1 atom stereocenters. The van der Waals surface area contributed by atoms with Crippen molar-refractivity contribution >= 4 is 34.4 Å². The first kappa shape index (κ1) is 28.1. The van der Waals surface area contributed by atoms with Gasteiger partial charge in [0.25, 0.3) is 5.91 Å². The number of hydrogen-bond acceptors (Lipinski definition) is 8. The van der Waals surface area contributed by atoms with Crippen LogP contribution < -0.4 is 10.1 Å². The Morgan fingerprint density at radius 3 is 2.54 bits per heavy atom. The molecule has 3 aliphatic rings. The van der Waals surface area contributed by atoms with Crippen LogP contribution in [-0.2, 0) is 25.1 Å². The predicted molar refractivity (Wildman–Crippen MR) is 157 cm³/mol. The third-order valence-electron chi connectivity index (χ3n) is 9.10. The molecule has 7 nitrogen and oxygen atoms in total. The summed E-state index contributed by atoms with van der Waals surface area (Å²) in [7, 11) is 1.56. The summed E-state index contributed by atoms with van der Waals surface area (Å²) in [5.41, 5.74) is -0.277. The number of ether oxygens (including phenoxy) is 3. The highest BCUT2D eigenvalue weighted by molar-refractivity contribution is 7.12. The Morgan fingerprint density at radius 2 is 1.83 bits per heavy atom. The third-order valence-corrected chi connectivity index (χ3v) is 11.6. The van der Waals surface area contributed by atoms with Gasteiger partial charge in [0.05, 0.1) is 30.8 Å². The molecule has 1 amide bonds. The Bertz CT molecular complexity index is 1440. The zero-order chi connectivity index (χ0) is 28.5. The first-order valence-corrected chi connectivity index (χ1v) is 15.9. The first-order chi connectivity index (χ1) is 19.9. The first-order valence-electron chi connectivity index (χ1n) is 14.2. The molecule has 41 heavy (non-hydrogen) atoms. The summed E-state index contributed by atoms with van der Waals surface area (Å²) in [6, 6.07) is 18.1. The average Bonchev–Trinajstić information content (AvgIpc) is 3.80. The number of Topliss-reactive ketones (excluding diaryl/α,β-unsaturated/α-hetero) is 1. The largest absolute Gasteiger partial charge is 0.496 e. The van der Waals surface area contributed by atoms with Crippen molar-refractivity contribution in [3.63, 3.8) is 0 Å². The monoisotopic (exact) mass is 590 g/mol. The summed E-state index contributed by atoms with van der Waals surface area (Å²) in [5.74, 6) is -0.0208. The summed E-state index contributed by atoms with van der Waals surface area (Å²) in [4.78, 5) is 28.7. The van der Waals surface area contributed by atoms with Gasteiger partial charge in [0, 0.05) is 52.3 Å². The lowest BCUT2D eigenvalue weighted by atomic mass is 9.72. The number of benzene rings is 1. The van der Waals surface area contributed by atoms with E-state index in [4.69, 9.17) is 14.2 Å². The van der Waals surface area contributed by atoms with Crippen molar-refractivity contribution in [2.24, 2.45) is 0 Å². The van der Waals surface area contributed by atoms with Crippen LogP contribution in [0.25, 0.3) is 0 Å². The highest BCUT2D eigenvalue weighted by atomic mass is 32.1. The topological polar surface area (TPSA) is 97.7 Å². The fourth-order valence-corrected chi connectivity index (χ4v) is 8.69. The molecule has 1 saturated heterocycles. The summed E-state index contributed by atoms with van der Waals surface area (Å²) in [5, 5.41) is 15.2.